The number of likely N-dealkylation sites (tertiary alicyclic amines) is 1. The summed E-state index contributed by atoms with van der Waals surface area (Å²) in [5.41, 5.74) is 1.04. The summed E-state index contributed by atoms with van der Waals surface area (Å²) in [6.07, 6.45) is 2.66. The fourth-order valence-electron chi connectivity index (χ4n) is 3.98. The lowest BCUT2D eigenvalue weighted by molar-refractivity contribution is -0.138. The number of likely N-dealkylation sites (N-methyl/N-ethyl adjacent to an activating group) is 1. The van der Waals surface area contributed by atoms with E-state index in [9.17, 15) is 9.59 Å². The van der Waals surface area contributed by atoms with Gasteiger partial charge in [0.05, 0.1) is 12.5 Å². The molecule has 1 N–H and O–H groups in total. The zero-order valence-electron chi connectivity index (χ0n) is 16.1. The van der Waals surface area contributed by atoms with Gasteiger partial charge in [0.25, 0.3) is 0 Å². The first-order valence-electron chi connectivity index (χ1n) is 9.65. The predicted octanol–water partition coefficient (Wildman–Crippen LogP) is 3.34. The largest absolute Gasteiger partial charge is 0.480 e. The van der Waals surface area contributed by atoms with Gasteiger partial charge in [-0.2, -0.15) is 0 Å². The highest BCUT2D eigenvalue weighted by atomic mass is 16.4. The number of carboxylic acids is 1. The van der Waals surface area contributed by atoms with Crippen LogP contribution in [0, 0.1) is 0 Å². The second kappa shape index (κ2) is 8.53. The van der Waals surface area contributed by atoms with Gasteiger partial charge in [-0.25, -0.2) is 0 Å². The number of benzene rings is 2. The van der Waals surface area contributed by atoms with E-state index in [4.69, 9.17) is 5.11 Å². The fraction of sp³-hybridized carbons (Fsp3) is 0.455. The highest BCUT2D eigenvalue weighted by molar-refractivity contribution is 5.87. The maximum Gasteiger partial charge on any atom is 0.317 e. The normalized spacial score (nSPS) is 19.1. The Morgan fingerprint density at radius 1 is 1.15 bits per heavy atom. The van der Waals surface area contributed by atoms with E-state index in [-0.39, 0.29) is 24.4 Å². The van der Waals surface area contributed by atoms with Crippen molar-refractivity contribution in [2.45, 2.75) is 38.1 Å². The van der Waals surface area contributed by atoms with Crippen LogP contribution in [0.3, 0.4) is 0 Å². The van der Waals surface area contributed by atoms with Crippen molar-refractivity contribution in [1.29, 1.82) is 0 Å². The molecular formula is C22H28N2O3. The van der Waals surface area contributed by atoms with Crippen LogP contribution in [0.4, 0.5) is 0 Å². The van der Waals surface area contributed by atoms with Gasteiger partial charge in [0.2, 0.25) is 5.91 Å². The number of rotatable bonds is 5. The summed E-state index contributed by atoms with van der Waals surface area (Å²) in [5.74, 6) is -0.825. The van der Waals surface area contributed by atoms with Crippen LogP contribution in [0.1, 0.15) is 37.7 Å². The Morgan fingerprint density at radius 3 is 2.63 bits per heavy atom. The van der Waals surface area contributed by atoms with Crippen LogP contribution < -0.4 is 0 Å². The molecule has 1 saturated heterocycles. The standard InChI is InChI=1S/C22H28N2O3/c1-16(18-10-9-17-6-3-4-7-19(17)14-18)22(27)24-12-5-8-20(11-13-24)23(2)15-21(25)26/h3-4,6-7,9-10,14,16,20H,5,8,11-13,15H2,1-2H3,(H,25,26). The van der Waals surface area contributed by atoms with Crippen molar-refractivity contribution in [3.8, 4) is 0 Å². The zero-order chi connectivity index (χ0) is 19.4. The summed E-state index contributed by atoms with van der Waals surface area (Å²) < 4.78 is 0. The lowest BCUT2D eigenvalue weighted by atomic mass is 9.96. The van der Waals surface area contributed by atoms with Gasteiger partial charge >= 0.3 is 5.97 Å². The first kappa shape index (κ1) is 19.4. The molecule has 2 unspecified atom stereocenters. The topological polar surface area (TPSA) is 60.9 Å². The number of hydrogen-bond donors (Lipinski definition) is 1. The van der Waals surface area contributed by atoms with E-state index in [1.54, 1.807) is 0 Å². The molecular weight excluding hydrogens is 340 g/mol. The smallest absolute Gasteiger partial charge is 0.317 e. The van der Waals surface area contributed by atoms with Crippen LogP contribution in [0.5, 0.6) is 0 Å². The SMILES string of the molecule is CC(C(=O)N1CCCC(N(C)CC(=O)O)CC1)c1ccc2ccccc2c1. The lowest BCUT2D eigenvalue weighted by Crippen LogP contribution is -2.38. The van der Waals surface area contributed by atoms with E-state index in [0.29, 0.717) is 6.54 Å². The van der Waals surface area contributed by atoms with Crippen molar-refractivity contribution >= 4 is 22.6 Å². The van der Waals surface area contributed by atoms with Crippen LogP contribution in [0.2, 0.25) is 0 Å². The Hall–Kier alpha value is -2.40. The van der Waals surface area contributed by atoms with E-state index in [0.717, 1.165) is 36.8 Å². The molecule has 5 nitrogen and oxygen atoms in total. The average molecular weight is 368 g/mol. The highest BCUT2D eigenvalue weighted by Crippen LogP contribution is 2.25. The van der Waals surface area contributed by atoms with Crippen LogP contribution in [0.25, 0.3) is 10.8 Å². The van der Waals surface area contributed by atoms with Gasteiger partial charge in [0.1, 0.15) is 0 Å². The number of hydrogen-bond acceptors (Lipinski definition) is 3. The Kier molecular flexibility index (Phi) is 6.11. The third-order valence-corrected chi connectivity index (χ3v) is 5.66. The minimum atomic E-state index is -0.806. The van der Waals surface area contributed by atoms with E-state index >= 15 is 0 Å². The molecule has 0 saturated carbocycles. The Balaban J connectivity index is 1.66. The Morgan fingerprint density at radius 2 is 1.89 bits per heavy atom. The molecule has 0 radical (unpaired) electrons. The average Bonchev–Trinajstić information content (AvgIpc) is 2.92. The molecule has 5 heteroatoms. The molecule has 1 fully saturated rings. The number of fused-ring (bicyclic) bond motifs is 1. The number of aliphatic carboxylic acids is 1. The van der Waals surface area contributed by atoms with Gasteiger partial charge in [-0.15, -0.1) is 0 Å². The summed E-state index contributed by atoms with van der Waals surface area (Å²) in [4.78, 5) is 27.8. The third-order valence-electron chi connectivity index (χ3n) is 5.66. The molecule has 0 aromatic heterocycles. The Labute approximate surface area is 160 Å². The minimum absolute atomic E-state index is 0.0477. The lowest BCUT2D eigenvalue weighted by Gasteiger charge is -2.27. The number of nitrogens with zero attached hydrogens (tertiary/aromatic N) is 2. The third kappa shape index (κ3) is 4.66. The highest BCUT2D eigenvalue weighted by Gasteiger charge is 2.27. The van der Waals surface area contributed by atoms with Gasteiger partial charge in [-0.05, 0) is 49.6 Å². The molecule has 1 heterocycles. The molecule has 144 valence electrons. The van der Waals surface area contributed by atoms with E-state index < -0.39 is 5.97 Å². The van der Waals surface area contributed by atoms with Crippen molar-refractivity contribution < 1.29 is 14.7 Å². The fourth-order valence-corrected chi connectivity index (χ4v) is 3.98. The van der Waals surface area contributed by atoms with Crippen LogP contribution in [0.15, 0.2) is 42.5 Å². The monoisotopic (exact) mass is 368 g/mol. The molecule has 0 aliphatic carbocycles. The van der Waals surface area contributed by atoms with Gasteiger partial charge in [0.15, 0.2) is 0 Å². The first-order chi connectivity index (χ1) is 13.0. The molecule has 1 aliphatic rings. The molecule has 1 amide bonds. The molecule has 0 bridgehead atoms. The molecule has 3 rings (SSSR count). The van der Waals surface area contributed by atoms with Crippen molar-refractivity contribution in [1.82, 2.24) is 9.80 Å². The summed E-state index contributed by atoms with van der Waals surface area (Å²) >= 11 is 0. The predicted molar refractivity (Wildman–Crippen MR) is 107 cm³/mol. The molecule has 0 spiro atoms. The minimum Gasteiger partial charge on any atom is -0.480 e. The molecule has 2 aromatic rings. The van der Waals surface area contributed by atoms with Gasteiger partial charge in [-0.3, -0.25) is 14.5 Å². The second-order valence-corrected chi connectivity index (χ2v) is 7.55. The summed E-state index contributed by atoms with van der Waals surface area (Å²) in [6.45, 7) is 3.46. The van der Waals surface area contributed by atoms with Crippen molar-refractivity contribution in [2.24, 2.45) is 0 Å². The van der Waals surface area contributed by atoms with Crippen molar-refractivity contribution in [2.75, 3.05) is 26.7 Å². The maximum absolute atomic E-state index is 13.1. The maximum atomic E-state index is 13.1. The van der Waals surface area contributed by atoms with Gasteiger partial charge in [-0.1, -0.05) is 42.5 Å². The summed E-state index contributed by atoms with van der Waals surface area (Å²) in [7, 11) is 1.86. The van der Waals surface area contributed by atoms with Crippen LogP contribution in [-0.2, 0) is 9.59 Å². The van der Waals surface area contributed by atoms with E-state index in [1.165, 1.54) is 5.39 Å². The molecule has 2 atom stereocenters. The van der Waals surface area contributed by atoms with Crippen LogP contribution in [-0.4, -0.2) is 59.5 Å². The quantitative estimate of drug-likeness (QED) is 0.879. The number of carboxylic acid groups (broad SMARTS) is 1. The van der Waals surface area contributed by atoms with E-state index in [1.807, 2.05) is 42.0 Å². The molecule has 2 aromatic carbocycles. The number of amides is 1. The van der Waals surface area contributed by atoms with Crippen molar-refractivity contribution in [3.63, 3.8) is 0 Å². The van der Waals surface area contributed by atoms with Gasteiger partial charge in [0, 0.05) is 19.1 Å². The van der Waals surface area contributed by atoms with Crippen LogP contribution >= 0.6 is 0 Å². The van der Waals surface area contributed by atoms with E-state index in [2.05, 4.69) is 24.3 Å². The number of carbonyl (C=O) groups excluding carboxylic acids is 1. The molecule has 1 aliphatic heterocycles. The summed E-state index contributed by atoms with van der Waals surface area (Å²) in [5, 5.41) is 11.3. The van der Waals surface area contributed by atoms with Crippen molar-refractivity contribution in [3.05, 3.63) is 48.0 Å². The number of carbonyl (C=O) groups is 2. The van der Waals surface area contributed by atoms with Gasteiger partial charge < -0.3 is 10.0 Å². The molecule has 27 heavy (non-hydrogen) atoms. The summed E-state index contributed by atoms with van der Waals surface area (Å²) in [6, 6.07) is 14.6. The first-order valence-corrected chi connectivity index (χ1v) is 9.65. The Bertz CT molecular complexity index is 820. The second-order valence-electron chi connectivity index (χ2n) is 7.55. The zero-order valence-corrected chi connectivity index (χ0v) is 16.1.